The summed E-state index contributed by atoms with van der Waals surface area (Å²) < 4.78 is 15.9. The highest BCUT2D eigenvalue weighted by atomic mass is 127. The fraction of sp³-hybridized carbons (Fsp3) is 0.409. The summed E-state index contributed by atoms with van der Waals surface area (Å²) in [5.41, 5.74) is 3.14. The molecular weight excluding hydrogens is 497 g/mol. The third-order valence-corrected chi connectivity index (χ3v) is 4.60. The van der Waals surface area contributed by atoms with Crippen molar-refractivity contribution in [1.29, 1.82) is 0 Å². The number of guanidine groups is 1. The lowest BCUT2D eigenvalue weighted by molar-refractivity contribution is 0.353. The van der Waals surface area contributed by atoms with Gasteiger partial charge in [0.25, 0.3) is 0 Å². The van der Waals surface area contributed by atoms with Crippen LogP contribution in [-0.4, -0.2) is 50.9 Å². The van der Waals surface area contributed by atoms with Crippen LogP contribution in [0.3, 0.4) is 0 Å². The quantitative estimate of drug-likeness (QED) is 0.307. The standard InChI is InChI=1S/C22H31N3O4.HI/c1-7-23-22(24-13-16-8-9-19(27-4)18(26)11-16)25(3)14-17-12-21(29-6)20(28-5)10-15(17)2;/h8-12,26H,7,13-14H2,1-6H3,(H,23,24);1H. The third kappa shape index (κ3) is 6.58. The Morgan fingerprint density at radius 1 is 1.03 bits per heavy atom. The van der Waals surface area contributed by atoms with Gasteiger partial charge in [-0.3, -0.25) is 0 Å². The lowest BCUT2D eigenvalue weighted by Gasteiger charge is -2.23. The molecule has 0 saturated heterocycles. The van der Waals surface area contributed by atoms with Gasteiger partial charge in [-0.1, -0.05) is 6.07 Å². The van der Waals surface area contributed by atoms with Gasteiger partial charge >= 0.3 is 0 Å². The summed E-state index contributed by atoms with van der Waals surface area (Å²) in [7, 11) is 6.79. The summed E-state index contributed by atoms with van der Waals surface area (Å²) in [6.45, 7) is 5.93. The Morgan fingerprint density at radius 3 is 2.23 bits per heavy atom. The summed E-state index contributed by atoms with van der Waals surface area (Å²) in [6, 6.07) is 9.28. The Kier molecular flexibility index (Phi) is 10.6. The van der Waals surface area contributed by atoms with Gasteiger partial charge < -0.3 is 29.5 Å². The van der Waals surface area contributed by atoms with E-state index >= 15 is 0 Å². The molecule has 2 aromatic rings. The zero-order chi connectivity index (χ0) is 21.4. The Balaban J connectivity index is 0.00000450. The zero-order valence-electron chi connectivity index (χ0n) is 18.5. The third-order valence-electron chi connectivity index (χ3n) is 4.60. The number of halogens is 1. The van der Waals surface area contributed by atoms with Gasteiger partial charge in [-0.25, -0.2) is 4.99 Å². The number of hydrogen-bond donors (Lipinski definition) is 2. The van der Waals surface area contributed by atoms with Gasteiger partial charge in [0.05, 0.1) is 27.9 Å². The van der Waals surface area contributed by atoms with Crippen molar-refractivity contribution in [3.05, 3.63) is 47.0 Å². The number of rotatable bonds is 8. The molecule has 2 rings (SSSR count). The Morgan fingerprint density at radius 2 is 1.67 bits per heavy atom. The predicted octanol–water partition coefficient (Wildman–Crippen LogP) is 3.94. The molecule has 0 atom stereocenters. The maximum atomic E-state index is 9.97. The molecule has 166 valence electrons. The number of methoxy groups -OCH3 is 3. The predicted molar refractivity (Wildman–Crippen MR) is 131 cm³/mol. The van der Waals surface area contributed by atoms with E-state index in [1.54, 1.807) is 26.4 Å². The molecule has 0 bridgehead atoms. The van der Waals surface area contributed by atoms with Crippen molar-refractivity contribution in [2.45, 2.75) is 26.9 Å². The monoisotopic (exact) mass is 529 g/mol. The normalized spacial score (nSPS) is 10.8. The van der Waals surface area contributed by atoms with E-state index in [1.807, 2.05) is 32.2 Å². The van der Waals surface area contributed by atoms with Crippen molar-refractivity contribution in [3.8, 4) is 23.0 Å². The highest BCUT2D eigenvalue weighted by Gasteiger charge is 2.13. The number of nitrogens with zero attached hydrogens (tertiary/aromatic N) is 2. The molecule has 0 saturated carbocycles. The molecule has 0 fully saturated rings. The number of benzene rings is 2. The maximum absolute atomic E-state index is 9.97. The second-order valence-corrected chi connectivity index (χ2v) is 6.67. The van der Waals surface area contributed by atoms with Gasteiger partial charge in [-0.2, -0.15) is 0 Å². The molecular formula is C22H32IN3O4. The Hall–Kier alpha value is -2.36. The highest BCUT2D eigenvalue weighted by molar-refractivity contribution is 14.0. The molecule has 2 aromatic carbocycles. The van der Waals surface area contributed by atoms with E-state index in [4.69, 9.17) is 19.2 Å². The van der Waals surface area contributed by atoms with Gasteiger partial charge in [0, 0.05) is 20.1 Å². The minimum Gasteiger partial charge on any atom is -0.504 e. The van der Waals surface area contributed by atoms with Crippen molar-refractivity contribution >= 4 is 29.9 Å². The Labute approximate surface area is 196 Å². The van der Waals surface area contributed by atoms with E-state index in [-0.39, 0.29) is 29.7 Å². The molecule has 0 heterocycles. The van der Waals surface area contributed by atoms with Crippen molar-refractivity contribution < 1.29 is 19.3 Å². The fourth-order valence-electron chi connectivity index (χ4n) is 2.99. The maximum Gasteiger partial charge on any atom is 0.194 e. The molecule has 0 amide bonds. The molecule has 0 unspecified atom stereocenters. The van der Waals surface area contributed by atoms with Crippen LogP contribution in [0.25, 0.3) is 0 Å². The highest BCUT2D eigenvalue weighted by Crippen LogP contribution is 2.31. The molecule has 0 aliphatic carbocycles. The van der Waals surface area contributed by atoms with Crippen LogP contribution >= 0.6 is 24.0 Å². The van der Waals surface area contributed by atoms with Crippen LogP contribution in [0.1, 0.15) is 23.6 Å². The van der Waals surface area contributed by atoms with Crippen LogP contribution in [0.15, 0.2) is 35.3 Å². The second-order valence-electron chi connectivity index (χ2n) is 6.67. The number of phenolic OH excluding ortho intramolecular Hbond substituents is 1. The number of phenols is 1. The number of ether oxygens (including phenoxy) is 3. The molecule has 0 spiro atoms. The molecule has 0 aliphatic heterocycles. The fourth-order valence-corrected chi connectivity index (χ4v) is 2.99. The molecule has 0 aliphatic rings. The van der Waals surface area contributed by atoms with Crippen LogP contribution in [0.5, 0.6) is 23.0 Å². The number of aliphatic imine (C=N–C) groups is 1. The summed E-state index contributed by atoms with van der Waals surface area (Å²) in [4.78, 5) is 6.76. The first-order valence-corrected chi connectivity index (χ1v) is 9.50. The average molecular weight is 529 g/mol. The second kappa shape index (κ2) is 12.4. The van der Waals surface area contributed by atoms with E-state index in [0.29, 0.717) is 24.6 Å². The van der Waals surface area contributed by atoms with E-state index < -0.39 is 0 Å². The molecule has 2 N–H and O–H groups in total. The molecule has 0 aromatic heterocycles. The van der Waals surface area contributed by atoms with Gasteiger partial charge in [0.15, 0.2) is 29.0 Å². The van der Waals surface area contributed by atoms with E-state index in [2.05, 4.69) is 17.1 Å². The molecule has 30 heavy (non-hydrogen) atoms. The first kappa shape index (κ1) is 25.7. The van der Waals surface area contributed by atoms with Crippen LogP contribution in [-0.2, 0) is 13.1 Å². The van der Waals surface area contributed by atoms with E-state index in [0.717, 1.165) is 34.9 Å². The van der Waals surface area contributed by atoms with Crippen LogP contribution < -0.4 is 19.5 Å². The topological polar surface area (TPSA) is 75.6 Å². The first-order valence-electron chi connectivity index (χ1n) is 9.50. The molecule has 8 heteroatoms. The van der Waals surface area contributed by atoms with Crippen LogP contribution in [0.4, 0.5) is 0 Å². The Bertz CT molecular complexity index is 859. The van der Waals surface area contributed by atoms with E-state index in [9.17, 15) is 5.11 Å². The summed E-state index contributed by atoms with van der Waals surface area (Å²) in [5, 5.41) is 13.3. The van der Waals surface area contributed by atoms with Gasteiger partial charge in [-0.05, 0) is 54.8 Å². The van der Waals surface area contributed by atoms with Crippen molar-refractivity contribution in [1.82, 2.24) is 10.2 Å². The number of hydrogen-bond acceptors (Lipinski definition) is 5. The van der Waals surface area contributed by atoms with Crippen molar-refractivity contribution in [3.63, 3.8) is 0 Å². The minimum absolute atomic E-state index is 0. The van der Waals surface area contributed by atoms with E-state index in [1.165, 1.54) is 7.11 Å². The lowest BCUT2D eigenvalue weighted by Crippen LogP contribution is -2.38. The number of nitrogens with one attached hydrogen (secondary N) is 1. The van der Waals surface area contributed by atoms with Crippen molar-refractivity contribution in [2.24, 2.45) is 4.99 Å². The van der Waals surface area contributed by atoms with Gasteiger partial charge in [0.2, 0.25) is 0 Å². The lowest BCUT2D eigenvalue weighted by atomic mass is 10.1. The van der Waals surface area contributed by atoms with Crippen LogP contribution in [0.2, 0.25) is 0 Å². The van der Waals surface area contributed by atoms with Crippen molar-refractivity contribution in [2.75, 3.05) is 34.9 Å². The summed E-state index contributed by atoms with van der Waals surface area (Å²) in [6.07, 6.45) is 0. The molecule has 7 nitrogen and oxygen atoms in total. The molecule has 0 radical (unpaired) electrons. The summed E-state index contributed by atoms with van der Waals surface area (Å²) >= 11 is 0. The van der Waals surface area contributed by atoms with Crippen LogP contribution in [0, 0.1) is 6.92 Å². The first-order chi connectivity index (χ1) is 13.9. The summed E-state index contributed by atoms with van der Waals surface area (Å²) in [5.74, 6) is 2.76. The average Bonchev–Trinajstić information content (AvgIpc) is 2.72. The van der Waals surface area contributed by atoms with Gasteiger partial charge in [-0.15, -0.1) is 24.0 Å². The number of aryl methyl sites for hydroxylation is 1. The smallest absolute Gasteiger partial charge is 0.194 e. The number of aromatic hydroxyl groups is 1. The SMILES string of the molecule is CCNC(=NCc1ccc(OC)c(O)c1)N(C)Cc1cc(OC)c(OC)cc1C.I. The zero-order valence-corrected chi connectivity index (χ0v) is 20.8. The largest absolute Gasteiger partial charge is 0.504 e. The minimum atomic E-state index is 0. The van der Waals surface area contributed by atoms with Gasteiger partial charge in [0.1, 0.15) is 0 Å².